The van der Waals surface area contributed by atoms with Crippen molar-refractivity contribution in [2.45, 2.75) is 38.8 Å². The highest BCUT2D eigenvalue weighted by Crippen LogP contribution is 2.23. The molecule has 1 aliphatic rings. The van der Waals surface area contributed by atoms with Crippen LogP contribution >= 0.6 is 11.3 Å². The Bertz CT molecular complexity index is 699. The fourth-order valence-electron chi connectivity index (χ4n) is 3.33. The lowest BCUT2D eigenvalue weighted by atomic mass is 10.0. The fraction of sp³-hybridized carbons (Fsp3) is 0.526. The van der Waals surface area contributed by atoms with Gasteiger partial charge in [-0.15, -0.1) is 11.3 Å². The van der Waals surface area contributed by atoms with Crippen LogP contribution in [0.1, 0.15) is 41.6 Å². The molecule has 140 valence electrons. The number of nitrogens with zero attached hydrogens (tertiary/aromatic N) is 4. The van der Waals surface area contributed by atoms with Crippen molar-refractivity contribution in [2.75, 3.05) is 26.7 Å². The lowest BCUT2D eigenvalue weighted by Gasteiger charge is -2.35. The van der Waals surface area contributed by atoms with Crippen molar-refractivity contribution in [3.8, 4) is 0 Å². The third-order valence-corrected chi connectivity index (χ3v) is 5.68. The van der Waals surface area contributed by atoms with E-state index >= 15 is 0 Å². The van der Waals surface area contributed by atoms with Crippen LogP contribution in [0.2, 0.25) is 0 Å². The Hall–Kier alpha value is -1.99. The quantitative estimate of drug-likeness (QED) is 0.845. The van der Waals surface area contributed by atoms with E-state index in [2.05, 4.69) is 26.3 Å². The van der Waals surface area contributed by atoms with Gasteiger partial charge in [-0.3, -0.25) is 9.88 Å². The van der Waals surface area contributed by atoms with Gasteiger partial charge in [0.2, 0.25) is 0 Å². The minimum Gasteiger partial charge on any atom is -0.336 e. The van der Waals surface area contributed by atoms with Gasteiger partial charge in [-0.25, -0.2) is 9.78 Å². The molecule has 0 aromatic carbocycles. The Labute approximate surface area is 159 Å². The van der Waals surface area contributed by atoms with Crippen LogP contribution in [-0.4, -0.2) is 52.5 Å². The predicted octanol–water partition coefficient (Wildman–Crippen LogP) is 3.22. The Morgan fingerprint density at radius 2 is 2.19 bits per heavy atom. The molecule has 1 saturated heterocycles. The number of pyridine rings is 1. The second-order valence-electron chi connectivity index (χ2n) is 6.82. The number of likely N-dealkylation sites (tertiary alicyclic amines) is 1. The molecule has 1 fully saturated rings. The van der Waals surface area contributed by atoms with E-state index in [0.29, 0.717) is 13.1 Å². The van der Waals surface area contributed by atoms with Gasteiger partial charge in [-0.05, 0) is 44.5 Å². The average Bonchev–Trinajstić information content (AvgIpc) is 3.08. The number of hydrogen-bond acceptors (Lipinski definition) is 5. The van der Waals surface area contributed by atoms with E-state index < -0.39 is 0 Å². The van der Waals surface area contributed by atoms with Crippen molar-refractivity contribution in [1.29, 1.82) is 0 Å². The topological polar surface area (TPSA) is 61.4 Å². The van der Waals surface area contributed by atoms with E-state index in [4.69, 9.17) is 0 Å². The van der Waals surface area contributed by atoms with Gasteiger partial charge in [0.05, 0.1) is 12.6 Å². The van der Waals surface area contributed by atoms with Gasteiger partial charge in [-0.1, -0.05) is 12.5 Å². The molecule has 7 heteroatoms. The Kier molecular flexibility index (Phi) is 6.57. The monoisotopic (exact) mass is 373 g/mol. The zero-order chi connectivity index (χ0) is 18.4. The third-order valence-electron chi connectivity index (χ3n) is 4.73. The molecular formula is C19H27N5OS. The second-order valence-corrected chi connectivity index (χ2v) is 7.77. The standard InChI is InChI=1S/C19H27N5OS/c1-15-14-26-18(22-15)13-23(2)19(25)21-12-17(16-7-6-8-20-11-16)24-9-4-3-5-10-24/h6-8,11,14,17H,3-5,9-10,12-13H2,1-2H3,(H,21,25)/t17-/m1/s1. The molecule has 2 aromatic heterocycles. The highest BCUT2D eigenvalue weighted by molar-refractivity contribution is 7.09. The first kappa shape index (κ1) is 18.8. The van der Waals surface area contributed by atoms with E-state index in [-0.39, 0.29) is 12.1 Å². The van der Waals surface area contributed by atoms with Gasteiger partial charge in [-0.2, -0.15) is 0 Å². The average molecular weight is 374 g/mol. The molecule has 0 saturated carbocycles. The van der Waals surface area contributed by atoms with Crippen LogP contribution in [0.4, 0.5) is 4.79 Å². The van der Waals surface area contributed by atoms with Crippen LogP contribution in [0.3, 0.4) is 0 Å². The van der Waals surface area contributed by atoms with Crippen molar-refractivity contribution in [2.24, 2.45) is 0 Å². The predicted molar refractivity (Wildman–Crippen MR) is 104 cm³/mol. The summed E-state index contributed by atoms with van der Waals surface area (Å²) in [5.74, 6) is 0. The van der Waals surface area contributed by atoms with E-state index in [1.807, 2.05) is 31.6 Å². The van der Waals surface area contributed by atoms with Crippen molar-refractivity contribution in [3.05, 3.63) is 46.2 Å². The highest BCUT2D eigenvalue weighted by atomic mass is 32.1. The summed E-state index contributed by atoms with van der Waals surface area (Å²) in [4.78, 5) is 25.4. The van der Waals surface area contributed by atoms with Crippen LogP contribution < -0.4 is 5.32 Å². The first-order valence-corrected chi connectivity index (χ1v) is 10.1. The summed E-state index contributed by atoms with van der Waals surface area (Å²) in [5.41, 5.74) is 2.16. The zero-order valence-electron chi connectivity index (χ0n) is 15.5. The summed E-state index contributed by atoms with van der Waals surface area (Å²) in [5, 5.41) is 6.07. The number of amides is 2. The molecule has 2 amide bonds. The van der Waals surface area contributed by atoms with E-state index in [0.717, 1.165) is 29.4 Å². The fourth-order valence-corrected chi connectivity index (χ4v) is 4.15. The lowest BCUT2D eigenvalue weighted by Crippen LogP contribution is -2.44. The van der Waals surface area contributed by atoms with Crippen LogP contribution in [0.25, 0.3) is 0 Å². The van der Waals surface area contributed by atoms with E-state index in [9.17, 15) is 4.79 Å². The molecule has 0 aliphatic carbocycles. The lowest BCUT2D eigenvalue weighted by molar-refractivity contribution is 0.155. The number of carbonyl (C=O) groups is 1. The van der Waals surface area contributed by atoms with Crippen molar-refractivity contribution >= 4 is 17.4 Å². The van der Waals surface area contributed by atoms with Gasteiger partial charge >= 0.3 is 6.03 Å². The molecule has 0 bridgehead atoms. The Balaban J connectivity index is 1.60. The summed E-state index contributed by atoms with van der Waals surface area (Å²) in [6.07, 6.45) is 7.42. The molecule has 26 heavy (non-hydrogen) atoms. The second kappa shape index (κ2) is 9.09. The Morgan fingerprint density at radius 3 is 2.85 bits per heavy atom. The number of thiazole rings is 1. The molecule has 1 N–H and O–H groups in total. The summed E-state index contributed by atoms with van der Waals surface area (Å²) < 4.78 is 0. The molecule has 3 rings (SSSR count). The van der Waals surface area contributed by atoms with Crippen molar-refractivity contribution in [3.63, 3.8) is 0 Å². The number of aryl methyl sites for hydroxylation is 1. The molecule has 1 atom stereocenters. The molecule has 6 nitrogen and oxygen atoms in total. The highest BCUT2D eigenvalue weighted by Gasteiger charge is 2.23. The molecule has 3 heterocycles. The van der Waals surface area contributed by atoms with Crippen LogP contribution in [-0.2, 0) is 6.54 Å². The number of piperidine rings is 1. The minimum absolute atomic E-state index is 0.0660. The van der Waals surface area contributed by atoms with E-state index in [1.54, 1.807) is 22.4 Å². The molecule has 0 unspecified atom stereocenters. The number of rotatable bonds is 6. The molecule has 0 spiro atoms. The number of hydrogen-bond donors (Lipinski definition) is 1. The van der Waals surface area contributed by atoms with Crippen LogP contribution in [0, 0.1) is 6.92 Å². The van der Waals surface area contributed by atoms with Gasteiger partial charge in [0.1, 0.15) is 5.01 Å². The van der Waals surface area contributed by atoms with Gasteiger partial charge < -0.3 is 10.2 Å². The van der Waals surface area contributed by atoms with E-state index in [1.165, 1.54) is 19.3 Å². The summed E-state index contributed by atoms with van der Waals surface area (Å²) in [7, 11) is 1.81. The number of nitrogens with one attached hydrogen (secondary N) is 1. The minimum atomic E-state index is -0.0660. The van der Waals surface area contributed by atoms with Gasteiger partial charge in [0.15, 0.2) is 0 Å². The van der Waals surface area contributed by atoms with Gasteiger partial charge in [0, 0.05) is 37.1 Å². The number of urea groups is 1. The first-order chi connectivity index (χ1) is 12.6. The number of aromatic nitrogens is 2. The maximum atomic E-state index is 12.5. The van der Waals surface area contributed by atoms with Crippen molar-refractivity contribution < 1.29 is 4.79 Å². The van der Waals surface area contributed by atoms with Crippen LogP contribution in [0.15, 0.2) is 29.9 Å². The molecule has 2 aromatic rings. The summed E-state index contributed by atoms with van der Waals surface area (Å²) in [6, 6.07) is 4.16. The van der Waals surface area contributed by atoms with Gasteiger partial charge in [0.25, 0.3) is 0 Å². The summed E-state index contributed by atoms with van der Waals surface area (Å²) >= 11 is 1.59. The van der Waals surface area contributed by atoms with Crippen LogP contribution in [0.5, 0.6) is 0 Å². The summed E-state index contributed by atoms with van der Waals surface area (Å²) in [6.45, 7) is 5.24. The third kappa shape index (κ3) is 5.02. The first-order valence-electron chi connectivity index (χ1n) is 9.17. The smallest absolute Gasteiger partial charge is 0.317 e. The largest absolute Gasteiger partial charge is 0.336 e. The maximum Gasteiger partial charge on any atom is 0.317 e. The number of carbonyl (C=O) groups excluding carboxylic acids is 1. The molecule has 0 radical (unpaired) electrons. The normalized spacial score (nSPS) is 16.2. The SMILES string of the molecule is Cc1csc(CN(C)C(=O)NC[C@H](c2cccnc2)N2CCCCC2)n1. The Morgan fingerprint density at radius 1 is 1.38 bits per heavy atom. The molecule has 1 aliphatic heterocycles. The maximum absolute atomic E-state index is 12.5. The zero-order valence-corrected chi connectivity index (χ0v) is 16.3. The van der Waals surface area contributed by atoms with Crippen molar-refractivity contribution in [1.82, 2.24) is 25.1 Å². The molecular weight excluding hydrogens is 346 g/mol.